The lowest BCUT2D eigenvalue weighted by molar-refractivity contribution is -0.141. The first kappa shape index (κ1) is 18.3. The standard InChI is InChI=1S/C24H20N2O5/c1-30-23(29)14-4-2-13(3-5-14)18-9-6-15(31-18)12-25-26-21(27)19-16-7-8-17(20(19)22(26)28)24(16)10-11-24/h2-9,12,16-17,19-20H,10-11H2,1H3/b25-12+. The Labute approximate surface area is 178 Å². The smallest absolute Gasteiger partial charge is 0.337 e. The van der Waals surface area contributed by atoms with Gasteiger partial charge in [-0.25, -0.2) is 4.79 Å². The molecule has 3 fully saturated rings. The highest BCUT2D eigenvalue weighted by atomic mass is 16.5. The summed E-state index contributed by atoms with van der Waals surface area (Å²) in [7, 11) is 1.34. The summed E-state index contributed by atoms with van der Waals surface area (Å²) in [6, 6.07) is 10.3. The van der Waals surface area contributed by atoms with E-state index in [0.29, 0.717) is 17.1 Å². The van der Waals surface area contributed by atoms with Gasteiger partial charge in [0.2, 0.25) is 0 Å². The van der Waals surface area contributed by atoms with Crippen LogP contribution in [-0.2, 0) is 14.3 Å². The first-order valence-corrected chi connectivity index (χ1v) is 10.4. The number of carbonyl (C=O) groups is 3. The van der Waals surface area contributed by atoms with Crippen molar-refractivity contribution >= 4 is 24.0 Å². The third-order valence-corrected chi connectivity index (χ3v) is 7.35. The molecule has 3 aliphatic carbocycles. The van der Waals surface area contributed by atoms with Crippen molar-refractivity contribution in [2.75, 3.05) is 7.11 Å². The first-order chi connectivity index (χ1) is 15.0. The number of carbonyl (C=O) groups excluding carboxylic acids is 3. The highest BCUT2D eigenvalue weighted by Gasteiger charge is 2.73. The zero-order chi connectivity index (χ0) is 21.3. The van der Waals surface area contributed by atoms with Gasteiger partial charge >= 0.3 is 5.97 Å². The fraction of sp³-hybridized carbons (Fsp3) is 0.333. The van der Waals surface area contributed by atoms with E-state index in [1.54, 1.807) is 36.4 Å². The van der Waals surface area contributed by atoms with Crippen LogP contribution >= 0.6 is 0 Å². The molecule has 1 saturated heterocycles. The number of methoxy groups -OCH3 is 1. The lowest BCUT2D eigenvalue weighted by atomic mass is 9.85. The van der Waals surface area contributed by atoms with Crippen LogP contribution < -0.4 is 0 Å². The monoisotopic (exact) mass is 416 g/mol. The molecule has 7 nitrogen and oxygen atoms in total. The molecule has 31 heavy (non-hydrogen) atoms. The predicted octanol–water partition coefficient (Wildman–Crippen LogP) is 3.26. The van der Waals surface area contributed by atoms with Gasteiger partial charge in [0.25, 0.3) is 11.8 Å². The number of nitrogens with zero attached hydrogens (tertiary/aromatic N) is 2. The average molecular weight is 416 g/mol. The van der Waals surface area contributed by atoms with Crippen molar-refractivity contribution in [2.24, 2.45) is 34.2 Å². The number of ether oxygens (including phenoxy) is 1. The molecule has 2 saturated carbocycles. The number of rotatable bonds is 4. The highest BCUT2D eigenvalue weighted by Crippen LogP contribution is 2.73. The third kappa shape index (κ3) is 2.46. The Kier molecular flexibility index (Phi) is 3.70. The fourth-order valence-electron chi connectivity index (χ4n) is 5.76. The van der Waals surface area contributed by atoms with Crippen LogP contribution in [0.4, 0.5) is 0 Å². The molecular weight excluding hydrogens is 396 g/mol. The summed E-state index contributed by atoms with van der Waals surface area (Å²) in [5, 5.41) is 5.22. The molecule has 4 unspecified atom stereocenters. The van der Waals surface area contributed by atoms with Crippen molar-refractivity contribution in [2.45, 2.75) is 12.8 Å². The second-order valence-corrected chi connectivity index (χ2v) is 8.72. The van der Waals surface area contributed by atoms with E-state index in [2.05, 4.69) is 17.3 Å². The Hall–Kier alpha value is -3.48. The topological polar surface area (TPSA) is 89.2 Å². The van der Waals surface area contributed by atoms with Gasteiger partial charge in [-0.05, 0) is 54.4 Å². The summed E-state index contributed by atoms with van der Waals surface area (Å²) in [5.41, 5.74) is 1.41. The van der Waals surface area contributed by atoms with E-state index in [4.69, 9.17) is 9.15 Å². The Balaban J connectivity index is 1.19. The predicted molar refractivity (Wildman–Crippen MR) is 110 cm³/mol. The molecule has 1 spiro atoms. The average Bonchev–Trinajstić information content (AvgIpc) is 3.07. The number of benzene rings is 1. The summed E-state index contributed by atoms with van der Waals surface area (Å²) >= 11 is 0. The molecule has 7 heteroatoms. The molecule has 1 aromatic carbocycles. The zero-order valence-corrected chi connectivity index (χ0v) is 16.9. The number of amides is 2. The van der Waals surface area contributed by atoms with E-state index in [-0.39, 0.29) is 40.9 Å². The van der Waals surface area contributed by atoms with Gasteiger partial charge in [-0.1, -0.05) is 24.3 Å². The van der Waals surface area contributed by atoms with Crippen LogP contribution in [0.1, 0.15) is 29.0 Å². The van der Waals surface area contributed by atoms with Crippen LogP contribution in [0.25, 0.3) is 11.3 Å². The molecule has 0 radical (unpaired) electrons. The molecule has 1 aromatic heterocycles. The number of hydrogen-bond donors (Lipinski definition) is 0. The Morgan fingerprint density at radius 1 is 1.06 bits per heavy atom. The molecule has 4 atom stereocenters. The van der Waals surface area contributed by atoms with Crippen molar-refractivity contribution in [1.29, 1.82) is 0 Å². The van der Waals surface area contributed by atoms with Gasteiger partial charge in [0, 0.05) is 5.56 Å². The molecule has 0 N–H and O–H groups in total. The summed E-state index contributed by atoms with van der Waals surface area (Å²) < 4.78 is 10.5. The van der Waals surface area contributed by atoms with Gasteiger partial charge in [0.15, 0.2) is 0 Å². The molecule has 1 aliphatic heterocycles. The first-order valence-electron chi connectivity index (χ1n) is 10.4. The molecular formula is C24H20N2O5. The van der Waals surface area contributed by atoms with Crippen molar-refractivity contribution in [1.82, 2.24) is 5.01 Å². The van der Waals surface area contributed by atoms with Crippen molar-refractivity contribution in [3.8, 4) is 11.3 Å². The number of hydrazone groups is 1. The molecule has 2 heterocycles. The lowest BCUT2D eigenvalue weighted by Crippen LogP contribution is -2.30. The van der Waals surface area contributed by atoms with Crippen LogP contribution in [0.5, 0.6) is 0 Å². The second-order valence-electron chi connectivity index (χ2n) is 8.72. The lowest BCUT2D eigenvalue weighted by Gasteiger charge is -2.18. The largest absolute Gasteiger partial charge is 0.465 e. The fourth-order valence-corrected chi connectivity index (χ4v) is 5.76. The number of furan rings is 1. The van der Waals surface area contributed by atoms with E-state index < -0.39 is 5.97 Å². The van der Waals surface area contributed by atoms with E-state index in [1.807, 2.05) is 0 Å². The van der Waals surface area contributed by atoms with Gasteiger partial charge in [0.1, 0.15) is 11.5 Å². The number of esters is 1. The van der Waals surface area contributed by atoms with Crippen LogP contribution in [0.3, 0.4) is 0 Å². The van der Waals surface area contributed by atoms with Crippen LogP contribution in [0.15, 0.2) is 58.1 Å². The van der Waals surface area contributed by atoms with Crippen LogP contribution in [0, 0.1) is 29.1 Å². The summed E-state index contributed by atoms with van der Waals surface area (Å²) in [5.74, 6) is 0.0741. The maximum absolute atomic E-state index is 13.0. The van der Waals surface area contributed by atoms with Crippen LogP contribution in [-0.4, -0.2) is 36.1 Å². The quantitative estimate of drug-likeness (QED) is 0.330. The van der Waals surface area contributed by atoms with E-state index >= 15 is 0 Å². The SMILES string of the molecule is COC(=O)c1ccc(-c2ccc(/C=N/N3C(=O)C4C(C3=O)C3C=CC4C34CC4)o2)cc1. The van der Waals surface area contributed by atoms with E-state index in [9.17, 15) is 14.4 Å². The van der Waals surface area contributed by atoms with Gasteiger partial charge in [-0.3, -0.25) is 9.59 Å². The van der Waals surface area contributed by atoms with Gasteiger partial charge in [0.05, 0.1) is 30.7 Å². The van der Waals surface area contributed by atoms with Gasteiger partial charge in [-0.2, -0.15) is 10.1 Å². The summed E-state index contributed by atoms with van der Waals surface area (Å²) in [4.78, 5) is 37.5. The second kappa shape index (κ2) is 6.26. The number of hydrogen-bond acceptors (Lipinski definition) is 6. The maximum Gasteiger partial charge on any atom is 0.337 e. The minimum Gasteiger partial charge on any atom is -0.465 e. The summed E-state index contributed by atoms with van der Waals surface area (Å²) in [6.45, 7) is 0. The van der Waals surface area contributed by atoms with Crippen LogP contribution in [0.2, 0.25) is 0 Å². The van der Waals surface area contributed by atoms with E-state index in [1.165, 1.54) is 13.3 Å². The van der Waals surface area contributed by atoms with Gasteiger partial charge in [-0.15, -0.1) is 0 Å². The Bertz CT molecular complexity index is 1140. The molecule has 2 bridgehead atoms. The molecule has 2 aromatic rings. The minimum atomic E-state index is -0.403. The Morgan fingerprint density at radius 3 is 2.29 bits per heavy atom. The third-order valence-electron chi connectivity index (χ3n) is 7.35. The highest BCUT2D eigenvalue weighted by molar-refractivity contribution is 6.07. The number of allylic oxidation sites excluding steroid dienone is 2. The van der Waals surface area contributed by atoms with Crippen molar-refractivity contribution in [3.05, 3.63) is 59.9 Å². The van der Waals surface area contributed by atoms with Gasteiger partial charge < -0.3 is 9.15 Å². The zero-order valence-electron chi connectivity index (χ0n) is 16.9. The molecule has 4 aliphatic rings. The molecule has 156 valence electrons. The molecule has 6 rings (SSSR count). The Morgan fingerprint density at radius 2 is 1.71 bits per heavy atom. The number of imide groups is 1. The van der Waals surface area contributed by atoms with Crippen molar-refractivity contribution in [3.63, 3.8) is 0 Å². The van der Waals surface area contributed by atoms with Crippen molar-refractivity contribution < 1.29 is 23.5 Å². The maximum atomic E-state index is 13.0. The normalized spacial score (nSPS) is 29.4. The summed E-state index contributed by atoms with van der Waals surface area (Å²) in [6.07, 6.45) is 7.91. The molecule has 2 amide bonds. The number of fused-ring (bicyclic) bond motifs is 3. The van der Waals surface area contributed by atoms with E-state index in [0.717, 1.165) is 23.4 Å². The minimum absolute atomic E-state index is 0.176.